The van der Waals surface area contributed by atoms with Gasteiger partial charge in [0.15, 0.2) is 11.5 Å². The van der Waals surface area contributed by atoms with Crippen LogP contribution in [0.15, 0.2) is 36.4 Å². The lowest BCUT2D eigenvalue weighted by atomic mass is 9.68. The second kappa shape index (κ2) is 9.80. The molecule has 3 aliphatic rings. The van der Waals surface area contributed by atoms with E-state index in [1.54, 1.807) is 14.2 Å². The molecule has 38 heavy (non-hydrogen) atoms. The number of hydrogen-bond acceptors (Lipinski definition) is 7. The van der Waals surface area contributed by atoms with Gasteiger partial charge in [-0.15, -0.1) is 0 Å². The van der Waals surface area contributed by atoms with Gasteiger partial charge in [0.05, 0.1) is 25.3 Å². The first-order valence-corrected chi connectivity index (χ1v) is 13.1. The monoisotopic (exact) mass is 521 g/mol. The molecule has 1 N–H and O–H groups in total. The Hall–Kier alpha value is -3.27. The van der Waals surface area contributed by atoms with Gasteiger partial charge >= 0.3 is 0 Å². The van der Waals surface area contributed by atoms with Crippen LogP contribution in [0.5, 0.6) is 17.2 Å². The summed E-state index contributed by atoms with van der Waals surface area (Å²) >= 11 is 0. The van der Waals surface area contributed by atoms with Crippen molar-refractivity contribution >= 4 is 16.8 Å². The van der Waals surface area contributed by atoms with Crippen LogP contribution in [-0.4, -0.2) is 79.2 Å². The Bertz CT molecular complexity index is 1360. The normalized spacial score (nSPS) is 20.2. The number of aromatic nitrogens is 1. The van der Waals surface area contributed by atoms with Crippen molar-refractivity contribution in [3.8, 4) is 17.2 Å². The summed E-state index contributed by atoms with van der Waals surface area (Å²) in [5, 5.41) is 12.0. The molecule has 2 aromatic carbocycles. The summed E-state index contributed by atoms with van der Waals surface area (Å²) in [5.74, 6) is 2.37. The SMILES string of the molecule is COCC(=O)N1CCC2(CC1)CN(Cc1ccc3c(c1)OCO3)[C@H](CO)c1c2c2ccc(OC)cc2n1C. The van der Waals surface area contributed by atoms with Crippen LogP contribution >= 0.6 is 0 Å². The summed E-state index contributed by atoms with van der Waals surface area (Å²) in [6.45, 7) is 3.16. The summed E-state index contributed by atoms with van der Waals surface area (Å²) in [4.78, 5) is 16.9. The van der Waals surface area contributed by atoms with Crippen LogP contribution in [0, 0.1) is 0 Å². The molecule has 1 atom stereocenters. The molecule has 4 heterocycles. The van der Waals surface area contributed by atoms with Gasteiger partial charge in [-0.1, -0.05) is 6.07 Å². The van der Waals surface area contributed by atoms with Crippen LogP contribution in [0.4, 0.5) is 0 Å². The third kappa shape index (κ3) is 4.00. The van der Waals surface area contributed by atoms with Crippen molar-refractivity contribution in [1.82, 2.24) is 14.4 Å². The fourth-order valence-corrected chi connectivity index (χ4v) is 6.71. The average Bonchev–Trinajstić information content (AvgIpc) is 3.52. The molecular weight excluding hydrogens is 486 g/mol. The van der Waals surface area contributed by atoms with Crippen LogP contribution in [0.1, 0.15) is 35.7 Å². The Morgan fingerprint density at radius 3 is 2.63 bits per heavy atom. The molecule has 1 fully saturated rings. The number of likely N-dealkylation sites (tertiary alicyclic amines) is 1. The van der Waals surface area contributed by atoms with E-state index in [1.165, 1.54) is 10.9 Å². The van der Waals surface area contributed by atoms with E-state index in [0.29, 0.717) is 19.6 Å². The van der Waals surface area contributed by atoms with Crippen LogP contribution in [0.3, 0.4) is 0 Å². The van der Waals surface area contributed by atoms with E-state index in [2.05, 4.69) is 34.7 Å². The lowest BCUT2D eigenvalue weighted by Gasteiger charge is -2.50. The standard InChI is InChI=1S/C29H35N3O6/c1-30-22-13-20(36-3)5-6-21(22)27-28(30)23(15-33)32(14-19-4-7-24-25(12-19)38-18-37-24)17-29(27)8-10-31(11-9-29)26(34)16-35-2/h4-7,12-13,23,33H,8-11,14-18H2,1-3H3/t23-/m1/s1. The Balaban J connectivity index is 1.43. The number of aliphatic hydroxyl groups excluding tert-OH is 1. The molecule has 9 nitrogen and oxygen atoms in total. The van der Waals surface area contributed by atoms with Crippen molar-refractivity contribution in [2.75, 3.05) is 53.9 Å². The van der Waals surface area contributed by atoms with E-state index < -0.39 is 0 Å². The summed E-state index contributed by atoms with van der Waals surface area (Å²) in [7, 11) is 5.32. The van der Waals surface area contributed by atoms with Crippen LogP contribution in [0.2, 0.25) is 0 Å². The number of piperidine rings is 1. The van der Waals surface area contributed by atoms with E-state index in [1.807, 2.05) is 23.1 Å². The highest BCUT2D eigenvalue weighted by atomic mass is 16.7. The number of benzene rings is 2. The first-order valence-electron chi connectivity index (χ1n) is 13.1. The fraction of sp³-hybridized carbons (Fsp3) is 0.483. The summed E-state index contributed by atoms with van der Waals surface area (Å²) < 4.78 is 24.0. The molecule has 1 saturated heterocycles. The number of methoxy groups -OCH3 is 2. The first-order chi connectivity index (χ1) is 18.5. The number of rotatable bonds is 6. The van der Waals surface area contributed by atoms with Crippen LogP contribution in [-0.2, 0) is 28.5 Å². The van der Waals surface area contributed by atoms with E-state index >= 15 is 0 Å². The summed E-state index contributed by atoms with van der Waals surface area (Å²) in [6.07, 6.45) is 1.69. The maximum atomic E-state index is 12.6. The maximum absolute atomic E-state index is 12.6. The van der Waals surface area contributed by atoms with E-state index in [0.717, 1.165) is 53.4 Å². The highest BCUT2D eigenvalue weighted by Crippen LogP contribution is 2.50. The van der Waals surface area contributed by atoms with Gasteiger partial charge < -0.3 is 33.5 Å². The molecular formula is C29H35N3O6. The van der Waals surface area contributed by atoms with E-state index in [4.69, 9.17) is 18.9 Å². The van der Waals surface area contributed by atoms with Crippen LogP contribution in [0.25, 0.3) is 10.9 Å². The number of aryl methyl sites for hydroxylation is 1. The number of fused-ring (bicyclic) bond motifs is 5. The van der Waals surface area contributed by atoms with Gasteiger partial charge in [-0.25, -0.2) is 0 Å². The van der Waals surface area contributed by atoms with Gasteiger partial charge in [-0.2, -0.15) is 0 Å². The van der Waals surface area contributed by atoms with Gasteiger partial charge in [0.25, 0.3) is 0 Å². The second-order valence-corrected chi connectivity index (χ2v) is 10.6. The lowest BCUT2D eigenvalue weighted by Crippen LogP contribution is -2.54. The minimum Gasteiger partial charge on any atom is -0.497 e. The van der Waals surface area contributed by atoms with E-state index in [9.17, 15) is 9.90 Å². The van der Waals surface area contributed by atoms with Gasteiger partial charge in [0.1, 0.15) is 12.4 Å². The zero-order valence-corrected chi connectivity index (χ0v) is 22.2. The van der Waals surface area contributed by atoms with Crippen molar-refractivity contribution in [2.24, 2.45) is 7.05 Å². The predicted molar refractivity (Wildman–Crippen MR) is 142 cm³/mol. The molecule has 1 aromatic heterocycles. The van der Waals surface area contributed by atoms with Crippen molar-refractivity contribution in [2.45, 2.75) is 30.8 Å². The number of ether oxygens (including phenoxy) is 4. The zero-order chi connectivity index (χ0) is 26.4. The molecule has 0 saturated carbocycles. The molecule has 0 radical (unpaired) electrons. The molecule has 3 aromatic rings. The second-order valence-electron chi connectivity index (χ2n) is 10.6. The summed E-state index contributed by atoms with van der Waals surface area (Å²) in [6, 6.07) is 12.1. The molecule has 202 valence electrons. The molecule has 1 spiro atoms. The maximum Gasteiger partial charge on any atom is 0.248 e. The average molecular weight is 522 g/mol. The quantitative estimate of drug-likeness (QED) is 0.534. The predicted octanol–water partition coefficient (Wildman–Crippen LogP) is 2.97. The minimum atomic E-state index is -0.169. The molecule has 3 aliphatic heterocycles. The number of carbonyl (C=O) groups is 1. The third-order valence-electron chi connectivity index (χ3n) is 8.58. The molecule has 0 unspecified atom stereocenters. The molecule has 6 rings (SSSR count). The van der Waals surface area contributed by atoms with Gasteiger partial charge in [-0.05, 0) is 48.2 Å². The van der Waals surface area contributed by atoms with E-state index in [-0.39, 0.29) is 37.4 Å². The Labute approximate surface area is 222 Å². The zero-order valence-electron chi connectivity index (χ0n) is 22.2. The van der Waals surface area contributed by atoms with Crippen molar-refractivity contribution in [1.29, 1.82) is 0 Å². The highest BCUT2D eigenvalue weighted by molar-refractivity contribution is 5.89. The first kappa shape index (κ1) is 25.0. The Kier molecular flexibility index (Phi) is 6.45. The minimum absolute atomic E-state index is 0.00732. The van der Waals surface area contributed by atoms with Crippen molar-refractivity contribution in [3.05, 3.63) is 53.2 Å². The Morgan fingerprint density at radius 2 is 1.89 bits per heavy atom. The van der Waals surface area contributed by atoms with Crippen molar-refractivity contribution in [3.63, 3.8) is 0 Å². The third-order valence-corrected chi connectivity index (χ3v) is 8.58. The summed E-state index contributed by atoms with van der Waals surface area (Å²) in [5.41, 5.74) is 4.49. The Morgan fingerprint density at radius 1 is 1.11 bits per heavy atom. The number of amides is 1. The fourth-order valence-electron chi connectivity index (χ4n) is 6.71. The topological polar surface area (TPSA) is 85.6 Å². The van der Waals surface area contributed by atoms with Gasteiger partial charge in [0, 0.05) is 62.9 Å². The number of nitrogens with zero attached hydrogens (tertiary/aromatic N) is 3. The molecule has 0 aliphatic carbocycles. The van der Waals surface area contributed by atoms with Crippen LogP contribution < -0.4 is 14.2 Å². The smallest absolute Gasteiger partial charge is 0.248 e. The molecule has 0 bridgehead atoms. The van der Waals surface area contributed by atoms with Gasteiger partial charge in [-0.3, -0.25) is 9.69 Å². The molecule has 9 heteroatoms. The number of aliphatic hydroxyl groups is 1. The largest absolute Gasteiger partial charge is 0.497 e. The molecule has 1 amide bonds. The number of carbonyl (C=O) groups excluding carboxylic acids is 1. The van der Waals surface area contributed by atoms with Gasteiger partial charge in [0.2, 0.25) is 12.7 Å². The lowest BCUT2D eigenvalue weighted by molar-refractivity contribution is -0.137. The number of hydrogen-bond donors (Lipinski definition) is 1. The van der Waals surface area contributed by atoms with Crippen molar-refractivity contribution < 1.29 is 28.8 Å². The highest BCUT2D eigenvalue weighted by Gasteiger charge is 2.48.